The molecule has 0 saturated carbocycles. The highest BCUT2D eigenvalue weighted by Crippen LogP contribution is 2.20. The first-order chi connectivity index (χ1) is 9.08. The Bertz CT molecular complexity index is 574. The molecule has 0 bridgehead atoms. The molecule has 3 N–H and O–H groups in total. The van der Waals surface area contributed by atoms with Crippen LogP contribution in [-0.2, 0) is 4.79 Å². The maximum atomic E-state index is 11.6. The minimum absolute atomic E-state index is 0.0380. The van der Waals surface area contributed by atoms with Crippen molar-refractivity contribution in [3.8, 4) is 11.5 Å². The Morgan fingerprint density at radius 2 is 2.21 bits per heavy atom. The van der Waals surface area contributed by atoms with Gasteiger partial charge in [-0.3, -0.25) is 4.79 Å². The molecule has 8 heteroatoms. The second kappa shape index (κ2) is 5.36. The quantitative estimate of drug-likeness (QED) is 0.701. The van der Waals surface area contributed by atoms with Gasteiger partial charge in [0.05, 0.1) is 12.8 Å². The van der Waals surface area contributed by atoms with Crippen molar-refractivity contribution in [3.05, 3.63) is 30.2 Å². The highest BCUT2D eigenvalue weighted by atomic mass is 16.5. The molecule has 8 nitrogen and oxygen atoms in total. The zero-order chi connectivity index (χ0) is 13.8. The van der Waals surface area contributed by atoms with Gasteiger partial charge >= 0.3 is 5.97 Å². The average Bonchev–Trinajstić information content (AvgIpc) is 3.04. The van der Waals surface area contributed by atoms with Gasteiger partial charge in [-0.1, -0.05) is 5.16 Å². The number of carboxylic acid groups (broad SMARTS) is 1. The number of rotatable bonds is 5. The number of aliphatic carboxylic acids is 1. The smallest absolute Gasteiger partial charge is 0.334 e. The molecule has 0 radical (unpaired) electrons. The number of carbonyl (C=O) groups excluding carboxylic acids is 1. The van der Waals surface area contributed by atoms with E-state index in [1.807, 2.05) is 0 Å². The maximum absolute atomic E-state index is 11.6. The van der Waals surface area contributed by atoms with Gasteiger partial charge in [-0.05, 0) is 12.1 Å². The van der Waals surface area contributed by atoms with E-state index in [1.54, 1.807) is 12.1 Å². The van der Waals surface area contributed by atoms with Gasteiger partial charge in [-0.15, -0.1) is 0 Å². The van der Waals surface area contributed by atoms with Crippen LogP contribution in [0.25, 0.3) is 11.5 Å². The lowest BCUT2D eigenvalue weighted by molar-refractivity contribution is -0.146. The molecule has 0 unspecified atom stereocenters. The van der Waals surface area contributed by atoms with Crippen molar-refractivity contribution in [1.82, 2.24) is 10.5 Å². The van der Waals surface area contributed by atoms with E-state index in [9.17, 15) is 9.59 Å². The van der Waals surface area contributed by atoms with Crippen LogP contribution in [0.1, 0.15) is 10.5 Å². The van der Waals surface area contributed by atoms with E-state index in [1.165, 1.54) is 12.3 Å². The van der Waals surface area contributed by atoms with Gasteiger partial charge in [0.15, 0.2) is 17.6 Å². The van der Waals surface area contributed by atoms with Crippen molar-refractivity contribution in [2.45, 2.75) is 6.10 Å². The number of carboxylic acids is 1. The number of aliphatic hydroxyl groups excluding tert-OH is 1. The summed E-state index contributed by atoms with van der Waals surface area (Å²) in [5.41, 5.74) is -0.0380. The Kier molecular flexibility index (Phi) is 3.62. The number of hydrogen-bond donors (Lipinski definition) is 3. The average molecular weight is 266 g/mol. The number of furan rings is 1. The molecule has 0 fully saturated rings. The van der Waals surface area contributed by atoms with Crippen molar-refractivity contribution >= 4 is 11.9 Å². The number of amides is 1. The van der Waals surface area contributed by atoms with Crippen molar-refractivity contribution in [2.75, 3.05) is 6.54 Å². The normalized spacial score (nSPS) is 12.1. The molecule has 0 aliphatic carbocycles. The first-order valence-corrected chi connectivity index (χ1v) is 5.27. The van der Waals surface area contributed by atoms with Crippen LogP contribution in [0, 0.1) is 0 Å². The number of aliphatic hydroxyl groups is 1. The fraction of sp³-hybridized carbons (Fsp3) is 0.182. The fourth-order valence-electron chi connectivity index (χ4n) is 1.28. The van der Waals surface area contributed by atoms with Gasteiger partial charge in [0.1, 0.15) is 0 Å². The van der Waals surface area contributed by atoms with Gasteiger partial charge in [0, 0.05) is 6.07 Å². The van der Waals surface area contributed by atoms with Crippen LogP contribution in [0.3, 0.4) is 0 Å². The summed E-state index contributed by atoms with van der Waals surface area (Å²) in [4.78, 5) is 21.9. The Labute approximate surface area is 106 Å². The third kappa shape index (κ3) is 2.99. The molecular weight excluding hydrogens is 256 g/mol. The number of nitrogens with zero attached hydrogens (tertiary/aromatic N) is 1. The topological polar surface area (TPSA) is 126 Å². The van der Waals surface area contributed by atoms with Gasteiger partial charge in [0.2, 0.25) is 5.76 Å². The Hall–Kier alpha value is -2.61. The van der Waals surface area contributed by atoms with Gasteiger partial charge in [-0.2, -0.15) is 0 Å². The van der Waals surface area contributed by atoms with Gasteiger partial charge in [-0.25, -0.2) is 4.79 Å². The van der Waals surface area contributed by atoms with E-state index in [0.29, 0.717) is 5.76 Å². The van der Waals surface area contributed by atoms with Crippen LogP contribution in [0.4, 0.5) is 0 Å². The molecule has 0 saturated heterocycles. The summed E-state index contributed by atoms with van der Waals surface area (Å²) in [5, 5.41) is 23.2. The zero-order valence-corrected chi connectivity index (χ0v) is 9.57. The minimum Gasteiger partial charge on any atom is -0.479 e. The van der Waals surface area contributed by atoms with E-state index in [0.717, 1.165) is 0 Å². The van der Waals surface area contributed by atoms with Crippen LogP contribution in [0.2, 0.25) is 0 Å². The molecular formula is C11H10N2O6. The lowest BCUT2D eigenvalue weighted by Crippen LogP contribution is -2.36. The lowest BCUT2D eigenvalue weighted by atomic mass is 10.3. The summed E-state index contributed by atoms with van der Waals surface area (Å²) >= 11 is 0. The summed E-state index contributed by atoms with van der Waals surface area (Å²) in [6.45, 7) is -0.420. The summed E-state index contributed by atoms with van der Waals surface area (Å²) in [5.74, 6) is -1.38. The molecule has 1 atom stereocenters. The van der Waals surface area contributed by atoms with Crippen molar-refractivity contribution < 1.29 is 28.7 Å². The van der Waals surface area contributed by atoms with Crippen molar-refractivity contribution in [3.63, 3.8) is 0 Å². The molecule has 2 heterocycles. The highest BCUT2D eigenvalue weighted by molar-refractivity contribution is 5.93. The van der Waals surface area contributed by atoms with E-state index >= 15 is 0 Å². The largest absolute Gasteiger partial charge is 0.479 e. The molecule has 2 rings (SSSR count). The summed E-state index contributed by atoms with van der Waals surface area (Å²) in [7, 11) is 0. The Morgan fingerprint density at radius 3 is 2.84 bits per heavy atom. The lowest BCUT2D eigenvalue weighted by Gasteiger charge is -2.05. The summed E-state index contributed by atoms with van der Waals surface area (Å²) in [6.07, 6.45) is -0.221. The SMILES string of the molecule is O=C(NC[C@H](O)C(=O)O)c1cc(-c2ccco2)on1. The predicted molar refractivity (Wildman–Crippen MR) is 60.2 cm³/mol. The fourth-order valence-corrected chi connectivity index (χ4v) is 1.28. The van der Waals surface area contributed by atoms with E-state index in [4.69, 9.17) is 19.2 Å². The van der Waals surface area contributed by atoms with Crippen LogP contribution in [0.15, 0.2) is 33.4 Å². The molecule has 100 valence electrons. The molecule has 1 amide bonds. The van der Waals surface area contributed by atoms with Crippen LogP contribution in [-0.4, -0.2) is 39.9 Å². The number of hydrogen-bond acceptors (Lipinski definition) is 6. The summed E-state index contributed by atoms with van der Waals surface area (Å²) in [6, 6.07) is 4.64. The number of carbonyl (C=O) groups is 2. The third-order valence-electron chi connectivity index (χ3n) is 2.25. The monoisotopic (exact) mass is 266 g/mol. The maximum Gasteiger partial charge on any atom is 0.334 e. The second-order valence-electron chi connectivity index (χ2n) is 3.62. The number of nitrogens with one attached hydrogen (secondary N) is 1. The summed E-state index contributed by atoms with van der Waals surface area (Å²) < 4.78 is 9.96. The molecule has 0 aromatic carbocycles. The molecule has 0 spiro atoms. The standard InChI is InChI=1S/C11H10N2O6/c14-7(11(16)17)5-12-10(15)6-4-9(19-13-6)8-2-1-3-18-8/h1-4,7,14H,5H2,(H,12,15)(H,16,17)/t7-/m0/s1. The molecule has 2 aromatic rings. The Balaban J connectivity index is 1.99. The molecule has 19 heavy (non-hydrogen) atoms. The minimum atomic E-state index is -1.67. The molecule has 2 aromatic heterocycles. The Morgan fingerprint density at radius 1 is 1.42 bits per heavy atom. The predicted octanol–water partition coefficient (Wildman–Crippen LogP) is 0.110. The highest BCUT2D eigenvalue weighted by Gasteiger charge is 2.18. The van der Waals surface area contributed by atoms with Gasteiger partial charge in [0.25, 0.3) is 5.91 Å². The molecule has 0 aliphatic heterocycles. The van der Waals surface area contributed by atoms with Crippen molar-refractivity contribution in [2.24, 2.45) is 0 Å². The van der Waals surface area contributed by atoms with E-state index in [2.05, 4.69) is 10.5 Å². The van der Waals surface area contributed by atoms with Crippen molar-refractivity contribution in [1.29, 1.82) is 0 Å². The second-order valence-corrected chi connectivity index (χ2v) is 3.62. The van der Waals surface area contributed by atoms with E-state index in [-0.39, 0.29) is 11.5 Å². The first-order valence-electron chi connectivity index (χ1n) is 5.27. The zero-order valence-electron chi connectivity index (χ0n) is 9.57. The first kappa shape index (κ1) is 12.8. The third-order valence-corrected chi connectivity index (χ3v) is 2.25. The van der Waals surface area contributed by atoms with Gasteiger partial charge < -0.3 is 24.5 Å². The van der Waals surface area contributed by atoms with Crippen LogP contribution < -0.4 is 5.32 Å². The van der Waals surface area contributed by atoms with Crippen LogP contribution >= 0.6 is 0 Å². The molecule has 0 aliphatic rings. The number of aromatic nitrogens is 1. The van der Waals surface area contributed by atoms with E-state index < -0.39 is 24.5 Å². The van der Waals surface area contributed by atoms with Crippen LogP contribution in [0.5, 0.6) is 0 Å².